The number of hydrogen-bond acceptors (Lipinski definition) is 2. The monoisotopic (exact) mass is 230 g/mol. The number of aromatic nitrogens is 2. The van der Waals surface area contributed by atoms with Crippen LogP contribution in [0.2, 0.25) is 0 Å². The lowest BCUT2D eigenvalue weighted by molar-refractivity contribution is 0.786. The molecular formula is C13H14N2O2. The summed E-state index contributed by atoms with van der Waals surface area (Å²) in [6.45, 7) is 3.92. The number of aryl methyl sites for hydroxylation is 3. The van der Waals surface area contributed by atoms with Crippen molar-refractivity contribution in [1.29, 1.82) is 0 Å². The molecule has 2 aromatic rings. The summed E-state index contributed by atoms with van der Waals surface area (Å²) in [5.74, 6) is 0. The molecule has 0 saturated heterocycles. The van der Waals surface area contributed by atoms with E-state index in [0.717, 1.165) is 16.8 Å². The van der Waals surface area contributed by atoms with Crippen LogP contribution in [0.5, 0.6) is 0 Å². The van der Waals surface area contributed by atoms with Gasteiger partial charge in [-0.2, -0.15) is 0 Å². The molecule has 0 N–H and O–H groups in total. The van der Waals surface area contributed by atoms with Gasteiger partial charge in [-0.1, -0.05) is 6.07 Å². The van der Waals surface area contributed by atoms with Gasteiger partial charge in [0.15, 0.2) is 0 Å². The van der Waals surface area contributed by atoms with E-state index >= 15 is 0 Å². The Labute approximate surface area is 98.8 Å². The second-order valence-corrected chi connectivity index (χ2v) is 4.24. The molecule has 1 aromatic carbocycles. The summed E-state index contributed by atoms with van der Waals surface area (Å²) in [7, 11) is 1.57. The molecule has 0 aliphatic rings. The van der Waals surface area contributed by atoms with Crippen LogP contribution in [0.25, 0.3) is 5.69 Å². The summed E-state index contributed by atoms with van der Waals surface area (Å²) in [5.41, 5.74) is 1.80. The van der Waals surface area contributed by atoms with Crippen molar-refractivity contribution in [3.63, 3.8) is 0 Å². The van der Waals surface area contributed by atoms with Crippen LogP contribution in [0, 0.1) is 13.8 Å². The van der Waals surface area contributed by atoms with Crippen molar-refractivity contribution in [3.05, 3.63) is 62.4 Å². The summed E-state index contributed by atoms with van der Waals surface area (Å²) < 4.78 is 2.66. The molecule has 0 spiro atoms. The predicted molar refractivity (Wildman–Crippen MR) is 66.8 cm³/mol. The second kappa shape index (κ2) is 4.05. The van der Waals surface area contributed by atoms with Gasteiger partial charge in [0, 0.05) is 25.1 Å². The minimum absolute atomic E-state index is 0.522. The molecule has 4 heteroatoms. The van der Waals surface area contributed by atoms with Gasteiger partial charge in [-0.3, -0.25) is 14.2 Å². The maximum atomic E-state index is 11.8. The van der Waals surface area contributed by atoms with Gasteiger partial charge in [0.1, 0.15) is 0 Å². The highest BCUT2D eigenvalue weighted by Gasteiger charge is 2.05. The van der Waals surface area contributed by atoms with Gasteiger partial charge in [0.25, 0.3) is 0 Å². The van der Waals surface area contributed by atoms with Gasteiger partial charge in [0.2, 0.25) is 0 Å². The second-order valence-electron chi connectivity index (χ2n) is 4.24. The zero-order chi connectivity index (χ0) is 12.6. The standard InChI is InChI=1S/C13H14N2O2/c1-9-6-10(2)8-11(7-9)15-5-4-14(3)12(16)13(15)17/h4-8H,1-3H3. The molecule has 0 radical (unpaired) electrons. The molecule has 0 amide bonds. The summed E-state index contributed by atoms with van der Waals surface area (Å²) in [6, 6.07) is 5.79. The van der Waals surface area contributed by atoms with Crippen molar-refractivity contribution >= 4 is 0 Å². The van der Waals surface area contributed by atoms with Crippen molar-refractivity contribution in [3.8, 4) is 5.69 Å². The molecule has 0 atom stereocenters. The third-order valence-electron chi connectivity index (χ3n) is 2.65. The van der Waals surface area contributed by atoms with Crippen LogP contribution in [0.3, 0.4) is 0 Å². The molecule has 1 aromatic heterocycles. The Morgan fingerprint density at radius 1 is 0.882 bits per heavy atom. The SMILES string of the molecule is Cc1cc(C)cc(-n2ccn(C)c(=O)c2=O)c1. The van der Waals surface area contributed by atoms with Crippen LogP contribution in [0.1, 0.15) is 11.1 Å². The van der Waals surface area contributed by atoms with Crippen LogP contribution >= 0.6 is 0 Å². The number of rotatable bonds is 1. The Bertz CT molecular complexity index is 660. The van der Waals surface area contributed by atoms with Gasteiger partial charge in [0.05, 0.1) is 0 Å². The van der Waals surface area contributed by atoms with Gasteiger partial charge >= 0.3 is 11.1 Å². The van der Waals surface area contributed by atoms with Crippen LogP contribution in [0.4, 0.5) is 0 Å². The molecule has 88 valence electrons. The molecule has 4 nitrogen and oxygen atoms in total. The van der Waals surface area contributed by atoms with Crippen molar-refractivity contribution in [2.75, 3.05) is 0 Å². The number of benzene rings is 1. The summed E-state index contributed by atoms with van der Waals surface area (Å²) in [5, 5.41) is 0. The van der Waals surface area contributed by atoms with Crippen LogP contribution in [0.15, 0.2) is 40.2 Å². The van der Waals surface area contributed by atoms with Gasteiger partial charge in [-0.05, 0) is 37.1 Å². The van der Waals surface area contributed by atoms with Crippen molar-refractivity contribution in [1.82, 2.24) is 9.13 Å². The Kier molecular flexibility index (Phi) is 2.71. The van der Waals surface area contributed by atoms with Crippen molar-refractivity contribution < 1.29 is 0 Å². The summed E-state index contributed by atoms with van der Waals surface area (Å²) in [4.78, 5) is 23.4. The summed E-state index contributed by atoms with van der Waals surface area (Å²) >= 11 is 0. The Hall–Kier alpha value is -2.10. The Morgan fingerprint density at radius 2 is 1.47 bits per heavy atom. The maximum Gasteiger partial charge on any atom is 0.320 e. The lowest BCUT2D eigenvalue weighted by atomic mass is 10.1. The highest BCUT2D eigenvalue weighted by molar-refractivity contribution is 5.39. The topological polar surface area (TPSA) is 44.0 Å². The van der Waals surface area contributed by atoms with E-state index in [2.05, 4.69) is 0 Å². The average Bonchev–Trinajstić information content (AvgIpc) is 2.24. The molecule has 2 rings (SSSR count). The molecule has 0 unspecified atom stereocenters. The number of hydrogen-bond donors (Lipinski definition) is 0. The molecule has 0 aliphatic carbocycles. The quantitative estimate of drug-likeness (QED) is 0.690. The first-order valence-corrected chi connectivity index (χ1v) is 5.36. The molecule has 17 heavy (non-hydrogen) atoms. The highest BCUT2D eigenvalue weighted by atomic mass is 16.2. The van der Waals surface area contributed by atoms with Crippen molar-refractivity contribution in [2.24, 2.45) is 7.05 Å². The Morgan fingerprint density at radius 3 is 2.06 bits per heavy atom. The first kappa shape index (κ1) is 11.4. The Balaban J connectivity index is 2.74. The van der Waals surface area contributed by atoms with Gasteiger partial charge in [-0.15, -0.1) is 0 Å². The fourth-order valence-corrected chi connectivity index (χ4v) is 1.85. The molecule has 0 aliphatic heterocycles. The van der Waals surface area contributed by atoms with E-state index in [1.54, 1.807) is 19.4 Å². The van der Waals surface area contributed by atoms with E-state index in [9.17, 15) is 9.59 Å². The maximum absolute atomic E-state index is 11.8. The molecule has 1 heterocycles. The van der Waals surface area contributed by atoms with Crippen LogP contribution < -0.4 is 11.1 Å². The smallest absolute Gasteiger partial charge is 0.312 e. The molecule has 0 saturated carbocycles. The molecule has 0 fully saturated rings. The zero-order valence-corrected chi connectivity index (χ0v) is 10.1. The third-order valence-corrected chi connectivity index (χ3v) is 2.65. The van der Waals surface area contributed by atoms with E-state index in [1.165, 1.54) is 9.13 Å². The lowest BCUT2D eigenvalue weighted by Gasteiger charge is -2.08. The minimum Gasteiger partial charge on any atom is -0.312 e. The van der Waals surface area contributed by atoms with E-state index < -0.39 is 11.1 Å². The molecular weight excluding hydrogens is 216 g/mol. The summed E-state index contributed by atoms with van der Waals surface area (Å²) in [6.07, 6.45) is 3.19. The van der Waals surface area contributed by atoms with Crippen molar-refractivity contribution in [2.45, 2.75) is 13.8 Å². The normalized spacial score (nSPS) is 10.5. The highest BCUT2D eigenvalue weighted by Crippen LogP contribution is 2.11. The average molecular weight is 230 g/mol. The largest absolute Gasteiger partial charge is 0.320 e. The van der Waals surface area contributed by atoms with Crippen LogP contribution in [-0.2, 0) is 7.05 Å². The van der Waals surface area contributed by atoms with E-state index in [4.69, 9.17) is 0 Å². The van der Waals surface area contributed by atoms with Gasteiger partial charge < -0.3 is 4.57 Å². The fraction of sp³-hybridized carbons (Fsp3) is 0.231. The third kappa shape index (κ3) is 2.06. The van der Waals surface area contributed by atoms with E-state index in [0.29, 0.717) is 0 Å². The van der Waals surface area contributed by atoms with E-state index in [1.807, 2.05) is 32.0 Å². The zero-order valence-electron chi connectivity index (χ0n) is 10.1. The lowest BCUT2D eigenvalue weighted by Crippen LogP contribution is -2.38. The fourth-order valence-electron chi connectivity index (χ4n) is 1.85. The minimum atomic E-state index is -0.528. The van der Waals surface area contributed by atoms with Gasteiger partial charge in [-0.25, -0.2) is 0 Å². The predicted octanol–water partition coefficient (Wildman–Crippen LogP) is 1.15. The first-order chi connectivity index (χ1) is 7.99. The first-order valence-electron chi connectivity index (χ1n) is 5.36. The molecule has 0 bridgehead atoms. The number of nitrogens with zero attached hydrogens (tertiary/aromatic N) is 2. The van der Waals surface area contributed by atoms with Crippen LogP contribution in [-0.4, -0.2) is 9.13 Å². The van der Waals surface area contributed by atoms with E-state index in [-0.39, 0.29) is 0 Å².